The van der Waals surface area contributed by atoms with Crippen molar-refractivity contribution in [1.29, 1.82) is 0 Å². The van der Waals surface area contributed by atoms with E-state index >= 15 is 0 Å². The molecule has 0 N–H and O–H groups in total. The SMILES string of the molecule is O=C(Cc1ccccc1[N+](=O)[O-])n1nnc2ccccc21. The third kappa shape index (κ3) is 2.36. The molecule has 1 heterocycles. The Bertz CT molecular complexity index is 841. The molecule has 7 nitrogen and oxygen atoms in total. The van der Waals surface area contributed by atoms with Gasteiger partial charge in [0.05, 0.1) is 16.9 Å². The quantitative estimate of drug-likeness (QED) is 0.542. The fourth-order valence-electron chi connectivity index (χ4n) is 2.13. The van der Waals surface area contributed by atoms with Crippen molar-refractivity contribution >= 4 is 22.6 Å². The summed E-state index contributed by atoms with van der Waals surface area (Å²) in [5.41, 5.74) is 1.47. The average molecular weight is 282 g/mol. The number of aromatic nitrogens is 3. The number of para-hydroxylation sites is 2. The van der Waals surface area contributed by atoms with E-state index < -0.39 is 4.92 Å². The van der Waals surface area contributed by atoms with E-state index in [4.69, 9.17) is 0 Å². The third-order valence-electron chi connectivity index (χ3n) is 3.12. The second kappa shape index (κ2) is 5.12. The van der Waals surface area contributed by atoms with Crippen molar-refractivity contribution in [2.45, 2.75) is 6.42 Å². The van der Waals surface area contributed by atoms with Gasteiger partial charge >= 0.3 is 0 Å². The molecule has 3 rings (SSSR count). The van der Waals surface area contributed by atoms with Gasteiger partial charge in [-0.3, -0.25) is 14.9 Å². The lowest BCUT2D eigenvalue weighted by atomic mass is 10.1. The molecule has 0 aliphatic rings. The monoisotopic (exact) mass is 282 g/mol. The van der Waals surface area contributed by atoms with Crippen molar-refractivity contribution in [3.63, 3.8) is 0 Å². The van der Waals surface area contributed by atoms with Gasteiger partial charge in [-0.05, 0) is 12.1 Å². The van der Waals surface area contributed by atoms with Crippen LogP contribution in [-0.2, 0) is 6.42 Å². The minimum absolute atomic E-state index is 0.0738. The van der Waals surface area contributed by atoms with Gasteiger partial charge in [0.2, 0.25) is 0 Å². The molecule has 7 heteroatoms. The Morgan fingerprint density at radius 2 is 1.86 bits per heavy atom. The van der Waals surface area contributed by atoms with E-state index in [0.29, 0.717) is 16.6 Å². The zero-order valence-electron chi connectivity index (χ0n) is 10.8. The molecule has 0 spiro atoms. The number of fused-ring (bicyclic) bond motifs is 1. The highest BCUT2D eigenvalue weighted by molar-refractivity contribution is 5.90. The van der Waals surface area contributed by atoms with Crippen LogP contribution in [0.3, 0.4) is 0 Å². The second-order valence-electron chi connectivity index (χ2n) is 4.45. The minimum atomic E-state index is -0.498. The highest BCUT2D eigenvalue weighted by Gasteiger charge is 2.18. The smallest absolute Gasteiger partial charge is 0.272 e. The summed E-state index contributed by atoms with van der Waals surface area (Å²) in [6, 6.07) is 13.2. The molecule has 0 unspecified atom stereocenters. The number of nitro groups is 1. The van der Waals surface area contributed by atoms with Crippen molar-refractivity contribution in [2.24, 2.45) is 0 Å². The predicted molar refractivity (Wildman–Crippen MR) is 75.0 cm³/mol. The number of rotatable bonds is 3. The molecular weight excluding hydrogens is 272 g/mol. The topological polar surface area (TPSA) is 90.9 Å². The van der Waals surface area contributed by atoms with E-state index in [1.807, 2.05) is 0 Å². The summed E-state index contributed by atoms with van der Waals surface area (Å²) >= 11 is 0. The van der Waals surface area contributed by atoms with Crippen LogP contribution in [0.15, 0.2) is 48.5 Å². The van der Waals surface area contributed by atoms with Crippen molar-refractivity contribution in [1.82, 2.24) is 15.0 Å². The molecule has 2 aromatic carbocycles. The zero-order valence-corrected chi connectivity index (χ0v) is 10.8. The van der Waals surface area contributed by atoms with Crippen LogP contribution in [0.2, 0.25) is 0 Å². The first-order valence-corrected chi connectivity index (χ1v) is 6.23. The number of hydrogen-bond acceptors (Lipinski definition) is 5. The highest BCUT2D eigenvalue weighted by atomic mass is 16.6. The first kappa shape index (κ1) is 12.9. The third-order valence-corrected chi connectivity index (χ3v) is 3.12. The van der Waals surface area contributed by atoms with E-state index in [1.54, 1.807) is 42.5 Å². The van der Waals surface area contributed by atoms with Gasteiger partial charge in [-0.15, -0.1) is 5.10 Å². The number of benzene rings is 2. The molecule has 1 aromatic heterocycles. The lowest BCUT2D eigenvalue weighted by molar-refractivity contribution is -0.385. The average Bonchev–Trinajstić information content (AvgIpc) is 2.91. The zero-order chi connectivity index (χ0) is 14.8. The Labute approximate surface area is 119 Å². The van der Waals surface area contributed by atoms with Gasteiger partial charge in [0.15, 0.2) is 0 Å². The molecule has 0 atom stereocenters. The molecule has 0 saturated heterocycles. The molecule has 0 radical (unpaired) electrons. The normalized spacial score (nSPS) is 10.7. The van der Waals surface area contributed by atoms with Crippen LogP contribution in [0, 0.1) is 10.1 Å². The number of nitrogens with zero attached hydrogens (tertiary/aromatic N) is 4. The summed E-state index contributed by atoms with van der Waals surface area (Å²) in [7, 11) is 0. The maximum atomic E-state index is 12.3. The summed E-state index contributed by atoms with van der Waals surface area (Å²) in [6.07, 6.45) is -0.107. The molecule has 0 amide bonds. The molecule has 3 aromatic rings. The maximum Gasteiger partial charge on any atom is 0.273 e. The standard InChI is InChI=1S/C14H10N4O3/c19-14(9-10-5-1-3-7-12(10)18(20)21)17-13-8-4-2-6-11(13)15-16-17/h1-8H,9H2. The minimum Gasteiger partial charge on any atom is -0.272 e. The van der Waals surface area contributed by atoms with E-state index in [-0.39, 0.29) is 18.0 Å². The second-order valence-corrected chi connectivity index (χ2v) is 4.45. The Morgan fingerprint density at radius 3 is 2.67 bits per heavy atom. The number of hydrogen-bond donors (Lipinski definition) is 0. The van der Waals surface area contributed by atoms with Crippen LogP contribution in [0.25, 0.3) is 11.0 Å². The van der Waals surface area contributed by atoms with Gasteiger partial charge in [-0.1, -0.05) is 35.5 Å². The van der Waals surface area contributed by atoms with Crippen molar-refractivity contribution in [3.8, 4) is 0 Å². The Kier molecular flexibility index (Phi) is 3.15. The fraction of sp³-hybridized carbons (Fsp3) is 0.0714. The number of nitro benzene ring substituents is 1. The van der Waals surface area contributed by atoms with Gasteiger partial charge < -0.3 is 0 Å². The summed E-state index contributed by atoms with van der Waals surface area (Å²) in [6.45, 7) is 0. The predicted octanol–water partition coefficient (Wildman–Crippen LogP) is 2.22. The Morgan fingerprint density at radius 1 is 1.14 bits per heavy atom. The van der Waals surface area contributed by atoms with E-state index in [2.05, 4.69) is 10.3 Å². The first-order valence-electron chi connectivity index (χ1n) is 6.23. The highest BCUT2D eigenvalue weighted by Crippen LogP contribution is 2.19. The first-order chi connectivity index (χ1) is 10.2. The van der Waals surface area contributed by atoms with Crippen LogP contribution in [0.5, 0.6) is 0 Å². The van der Waals surface area contributed by atoms with Gasteiger partial charge in [0.25, 0.3) is 11.6 Å². The molecular formula is C14H10N4O3. The van der Waals surface area contributed by atoms with Crippen LogP contribution >= 0.6 is 0 Å². The lowest BCUT2D eigenvalue weighted by Crippen LogP contribution is -2.15. The Hall–Kier alpha value is -3.09. The van der Waals surface area contributed by atoms with Crippen LogP contribution < -0.4 is 0 Å². The fourth-order valence-corrected chi connectivity index (χ4v) is 2.13. The number of carbonyl (C=O) groups excluding carboxylic acids is 1. The van der Waals surface area contributed by atoms with E-state index in [1.165, 1.54) is 10.7 Å². The van der Waals surface area contributed by atoms with Crippen molar-refractivity contribution in [3.05, 3.63) is 64.2 Å². The summed E-state index contributed by atoms with van der Waals surface area (Å²) in [4.78, 5) is 22.8. The van der Waals surface area contributed by atoms with Crippen LogP contribution in [0.4, 0.5) is 5.69 Å². The molecule has 0 fully saturated rings. The van der Waals surface area contributed by atoms with E-state index in [0.717, 1.165) is 0 Å². The summed E-state index contributed by atoms with van der Waals surface area (Å²) in [5, 5.41) is 18.7. The van der Waals surface area contributed by atoms with Gasteiger partial charge in [0.1, 0.15) is 5.52 Å². The van der Waals surface area contributed by atoms with E-state index in [9.17, 15) is 14.9 Å². The molecule has 104 valence electrons. The van der Waals surface area contributed by atoms with Gasteiger partial charge in [0, 0.05) is 11.6 Å². The lowest BCUT2D eigenvalue weighted by Gasteiger charge is -2.02. The Balaban J connectivity index is 1.96. The van der Waals surface area contributed by atoms with Crippen LogP contribution in [0.1, 0.15) is 10.4 Å². The molecule has 0 aliphatic carbocycles. The molecule has 0 bridgehead atoms. The summed E-state index contributed by atoms with van der Waals surface area (Å²) < 4.78 is 1.17. The number of carbonyl (C=O) groups is 1. The van der Waals surface area contributed by atoms with Gasteiger partial charge in [-0.25, -0.2) is 0 Å². The molecule has 0 aliphatic heterocycles. The van der Waals surface area contributed by atoms with Crippen LogP contribution in [-0.4, -0.2) is 25.8 Å². The van der Waals surface area contributed by atoms with Gasteiger partial charge in [-0.2, -0.15) is 4.68 Å². The molecule has 21 heavy (non-hydrogen) atoms. The summed E-state index contributed by atoms with van der Waals surface area (Å²) in [5.74, 6) is -0.363. The molecule has 0 saturated carbocycles. The van der Waals surface area contributed by atoms with Crippen molar-refractivity contribution < 1.29 is 9.72 Å². The largest absolute Gasteiger partial charge is 0.273 e. The maximum absolute atomic E-state index is 12.3. The van der Waals surface area contributed by atoms with Crippen molar-refractivity contribution in [2.75, 3.05) is 0 Å².